The summed E-state index contributed by atoms with van der Waals surface area (Å²) < 4.78 is 31.5. The molecule has 0 fully saturated rings. The van der Waals surface area contributed by atoms with E-state index in [1.54, 1.807) is 6.92 Å². The lowest BCUT2D eigenvalue weighted by Gasteiger charge is -2.30. The number of unbranched alkanes of at least 4 members (excludes halogenated alkanes) is 1. The highest BCUT2D eigenvalue weighted by Gasteiger charge is 2.37. The first-order valence-corrected chi connectivity index (χ1v) is 18.4. The molecule has 0 heterocycles. The van der Waals surface area contributed by atoms with Crippen molar-refractivity contribution >= 4 is 25.5 Å². The summed E-state index contributed by atoms with van der Waals surface area (Å²) in [6.45, 7) is 6.33. The van der Waals surface area contributed by atoms with Gasteiger partial charge < -0.3 is 29.7 Å². The van der Waals surface area contributed by atoms with Gasteiger partial charge in [-0.05, 0) is 55.2 Å². The van der Waals surface area contributed by atoms with E-state index in [2.05, 4.69) is 21.3 Å². The number of carbonyl (C=O) groups excluding carboxylic acids is 3. The Morgan fingerprint density at radius 2 is 1.20 bits per heavy atom. The molecule has 0 aromatic heterocycles. The number of carbonyl (C=O) groups is 3. The Kier molecular flexibility index (Phi) is 17.0. The van der Waals surface area contributed by atoms with E-state index in [1.165, 1.54) is 7.05 Å². The van der Waals surface area contributed by atoms with Crippen molar-refractivity contribution in [2.45, 2.75) is 84.1 Å². The molecule has 0 radical (unpaired) electrons. The number of hydrogen-bond acceptors (Lipinski definition) is 8. The number of benzene rings is 3. The summed E-state index contributed by atoms with van der Waals surface area (Å²) in [5.74, 6) is -1.46. The minimum absolute atomic E-state index is 0.0678. The maximum atomic E-state index is 14.3. The third-order valence-electron chi connectivity index (χ3n) is 7.73. The standard InChI is InChI=1S/C37H51N4O7P/c1-28(2)24-34(40-29(3)49(45,47-26-31-18-10-6-11-19-31)48-27-32-20-12-7-13-21-32)36(43)41-33(35(42)38-4)22-14-15-23-39-37(44)46-25-30-16-8-5-9-17-30/h5-13,16-21,28-29,33-34,40H,14-15,22-27H2,1-4H3,(H,38,42)(H,39,44)(H,41,43)/t29-,33+,34+/m1/s1. The lowest BCUT2D eigenvalue weighted by molar-refractivity contribution is -0.130. The normalized spacial score (nSPS) is 13.2. The number of rotatable bonds is 21. The second kappa shape index (κ2) is 21.1. The average molecular weight is 695 g/mol. The molecule has 0 bridgehead atoms. The maximum Gasteiger partial charge on any atom is 0.407 e. The van der Waals surface area contributed by atoms with Gasteiger partial charge >= 0.3 is 13.7 Å². The van der Waals surface area contributed by atoms with Gasteiger partial charge in [0.05, 0.1) is 19.3 Å². The number of nitrogens with one attached hydrogen (secondary N) is 4. The maximum absolute atomic E-state index is 14.3. The minimum atomic E-state index is -3.81. The summed E-state index contributed by atoms with van der Waals surface area (Å²) in [6, 6.07) is 26.6. The zero-order valence-electron chi connectivity index (χ0n) is 28.9. The van der Waals surface area contributed by atoms with E-state index in [1.807, 2.05) is 105 Å². The van der Waals surface area contributed by atoms with Gasteiger partial charge in [-0.15, -0.1) is 0 Å². The van der Waals surface area contributed by atoms with Crippen LogP contribution in [0.1, 0.15) is 63.1 Å². The molecule has 266 valence electrons. The summed E-state index contributed by atoms with van der Waals surface area (Å²) >= 11 is 0. The molecule has 3 atom stereocenters. The fraction of sp³-hybridized carbons (Fsp3) is 0.432. The molecule has 0 aliphatic heterocycles. The van der Waals surface area contributed by atoms with Crippen LogP contribution >= 0.6 is 7.60 Å². The van der Waals surface area contributed by atoms with Crippen molar-refractivity contribution in [3.63, 3.8) is 0 Å². The highest BCUT2D eigenvalue weighted by atomic mass is 31.2. The quantitative estimate of drug-likeness (QED) is 0.0753. The Morgan fingerprint density at radius 3 is 1.69 bits per heavy atom. The second-order valence-corrected chi connectivity index (χ2v) is 14.6. The van der Waals surface area contributed by atoms with Gasteiger partial charge in [0.15, 0.2) is 0 Å². The van der Waals surface area contributed by atoms with Crippen LogP contribution in [0.5, 0.6) is 0 Å². The van der Waals surface area contributed by atoms with Crippen LogP contribution in [0, 0.1) is 5.92 Å². The number of hydrogen-bond donors (Lipinski definition) is 4. The fourth-order valence-corrected chi connectivity index (χ4v) is 6.54. The van der Waals surface area contributed by atoms with E-state index in [4.69, 9.17) is 13.8 Å². The van der Waals surface area contributed by atoms with E-state index < -0.39 is 37.5 Å². The molecular formula is C37H51N4O7P. The van der Waals surface area contributed by atoms with Crippen LogP contribution in [0.4, 0.5) is 4.79 Å². The molecule has 0 spiro atoms. The van der Waals surface area contributed by atoms with Gasteiger partial charge in [0.25, 0.3) is 0 Å². The molecule has 3 rings (SSSR count). The number of ether oxygens (including phenoxy) is 1. The molecule has 0 saturated heterocycles. The Hall–Kier alpha value is -4.02. The van der Waals surface area contributed by atoms with Crippen molar-refractivity contribution in [3.8, 4) is 0 Å². The van der Waals surface area contributed by atoms with Crippen molar-refractivity contribution in [2.75, 3.05) is 13.6 Å². The fourth-order valence-electron chi connectivity index (χ4n) is 5.00. The second-order valence-electron chi connectivity index (χ2n) is 12.2. The van der Waals surface area contributed by atoms with Gasteiger partial charge in [-0.2, -0.15) is 0 Å². The van der Waals surface area contributed by atoms with E-state index in [0.717, 1.165) is 16.7 Å². The zero-order valence-corrected chi connectivity index (χ0v) is 29.8. The first kappa shape index (κ1) is 39.4. The molecule has 49 heavy (non-hydrogen) atoms. The van der Waals surface area contributed by atoms with Crippen molar-refractivity contribution in [2.24, 2.45) is 5.92 Å². The molecule has 3 aromatic rings. The molecular weight excluding hydrogens is 643 g/mol. The van der Waals surface area contributed by atoms with Crippen molar-refractivity contribution in [3.05, 3.63) is 108 Å². The molecule has 0 saturated carbocycles. The summed E-state index contributed by atoms with van der Waals surface area (Å²) in [5.41, 5.74) is 2.56. The van der Waals surface area contributed by atoms with E-state index in [9.17, 15) is 18.9 Å². The molecule has 3 amide bonds. The molecule has 3 aromatic carbocycles. The topological polar surface area (TPSA) is 144 Å². The Morgan fingerprint density at radius 1 is 0.694 bits per heavy atom. The Bertz CT molecular complexity index is 1410. The van der Waals surface area contributed by atoms with Crippen LogP contribution < -0.4 is 21.3 Å². The Balaban J connectivity index is 1.60. The van der Waals surface area contributed by atoms with Crippen LogP contribution in [-0.2, 0) is 47.8 Å². The molecule has 4 N–H and O–H groups in total. The SMILES string of the molecule is CNC(=O)[C@H](CCCCNC(=O)OCc1ccccc1)NC(=O)[C@H](CC(C)C)N[C@@H](C)P(=O)(OCc1ccccc1)OCc1ccccc1. The molecule has 0 aliphatic rings. The zero-order chi connectivity index (χ0) is 35.5. The van der Waals surface area contributed by atoms with Crippen molar-refractivity contribution < 1.29 is 32.7 Å². The lowest BCUT2D eigenvalue weighted by Crippen LogP contribution is -2.54. The minimum Gasteiger partial charge on any atom is -0.445 e. The number of alkyl carbamates (subject to hydrolysis) is 1. The van der Waals surface area contributed by atoms with Gasteiger partial charge in [0, 0.05) is 13.6 Å². The average Bonchev–Trinajstić information content (AvgIpc) is 3.12. The molecule has 0 unspecified atom stereocenters. The Labute approximate surface area is 290 Å². The van der Waals surface area contributed by atoms with E-state index >= 15 is 0 Å². The first-order chi connectivity index (χ1) is 23.6. The lowest BCUT2D eigenvalue weighted by atomic mass is 10.0. The summed E-state index contributed by atoms with van der Waals surface area (Å²) in [7, 11) is -2.29. The van der Waals surface area contributed by atoms with Crippen LogP contribution in [0.3, 0.4) is 0 Å². The van der Waals surface area contributed by atoms with Crippen LogP contribution in [0.15, 0.2) is 91.0 Å². The van der Waals surface area contributed by atoms with Gasteiger partial charge in [-0.3, -0.25) is 19.5 Å². The molecule has 0 aliphatic carbocycles. The van der Waals surface area contributed by atoms with Crippen molar-refractivity contribution in [1.29, 1.82) is 0 Å². The van der Waals surface area contributed by atoms with Crippen LogP contribution in [0.2, 0.25) is 0 Å². The monoisotopic (exact) mass is 694 g/mol. The van der Waals surface area contributed by atoms with E-state index in [0.29, 0.717) is 32.2 Å². The number of amides is 3. The van der Waals surface area contributed by atoms with Crippen LogP contribution in [-0.4, -0.2) is 49.4 Å². The van der Waals surface area contributed by atoms with Gasteiger partial charge in [0.1, 0.15) is 18.4 Å². The largest absolute Gasteiger partial charge is 0.445 e. The third kappa shape index (κ3) is 14.6. The van der Waals surface area contributed by atoms with Gasteiger partial charge in [-0.1, -0.05) is 105 Å². The van der Waals surface area contributed by atoms with Gasteiger partial charge in [0.2, 0.25) is 11.8 Å². The number of likely N-dealkylation sites (N-methyl/N-ethyl adjacent to an activating group) is 1. The summed E-state index contributed by atoms with van der Waals surface area (Å²) in [5, 5.41) is 11.4. The van der Waals surface area contributed by atoms with E-state index in [-0.39, 0.29) is 31.6 Å². The highest BCUT2D eigenvalue weighted by Crippen LogP contribution is 2.53. The molecule has 11 nitrogen and oxygen atoms in total. The molecule has 12 heteroatoms. The first-order valence-electron chi connectivity index (χ1n) is 16.8. The van der Waals surface area contributed by atoms with Crippen LogP contribution in [0.25, 0.3) is 0 Å². The predicted molar refractivity (Wildman–Crippen MR) is 190 cm³/mol. The highest BCUT2D eigenvalue weighted by molar-refractivity contribution is 7.54. The summed E-state index contributed by atoms with van der Waals surface area (Å²) in [4.78, 5) is 38.5. The predicted octanol–water partition coefficient (Wildman–Crippen LogP) is 6.29. The van der Waals surface area contributed by atoms with Gasteiger partial charge in [-0.25, -0.2) is 4.79 Å². The smallest absolute Gasteiger partial charge is 0.407 e. The van der Waals surface area contributed by atoms with Crippen molar-refractivity contribution in [1.82, 2.24) is 21.3 Å². The summed E-state index contributed by atoms with van der Waals surface area (Å²) in [6.07, 6.45) is 1.40. The third-order valence-corrected chi connectivity index (χ3v) is 9.81.